The van der Waals surface area contributed by atoms with Crippen LogP contribution >= 0.6 is 11.6 Å². The number of carbonyl (C=O) groups is 1. The van der Waals surface area contributed by atoms with Crippen LogP contribution in [0.15, 0.2) is 40.9 Å². The molecule has 0 atom stereocenters. The summed E-state index contributed by atoms with van der Waals surface area (Å²) in [4.78, 5) is 16.3. The average molecular weight is 372 g/mol. The van der Waals surface area contributed by atoms with E-state index in [1.165, 1.54) is 0 Å². The fraction of sp³-hybridized carbons (Fsp3) is 0.211. The summed E-state index contributed by atoms with van der Waals surface area (Å²) in [7, 11) is 0. The number of nitrogens with one attached hydrogen (secondary N) is 1. The molecule has 2 aromatic carbocycles. The van der Waals surface area contributed by atoms with Crippen molar-refractivity contribution in [2.75, 3.05) is 11.9 Å². The molecule has 0 saturated heterocycles. The number of hydrogen-bond donors (Lipinski definition) is 1. The molecule has 3 aromatic rings. The Kier molecular flexibility index (Phi) is 5.23. The van der Waals surface area contributed by atoms with Gasteiger partial charge in [0.2, 0.25) is 11.7 Å². The normalized spacial score (nSPS) is 10.6. The highest BCUT2D eigenvalue weighted by Crippen LogP contribution is 2.27. The smallest absolute Gasteiger partial charge is 0.262 e. The van der Waals surface area contributed by atoms with Gasteiger partial charge < -0.3 is 14.6 Å². The molecule has 0 radical (unpaired) electrons. The molecule has 7 heteroatoms. The first-order chi connectivity index (χ1) is 12.4. The van der Waals surface area contributed by atoms with E-state index in [0.717, 1.165) is 16.7 Å². The number of aryl methyl sites for hydroxylation is 3. The first kappa shape index (κ1) is 17.9. The van der Waals surface area contributed by atoms with E-state index in [1.807, 2.05) is 26.0 Å². The zero-order valence-corrected chi connectivity index (χ0v) is 15.4. The van der Waals surface area contributed by atoms with Crippen LogP contribution in [0.2, 0.25) is 5.02 Å². The summed E-state index contributed by atoms with van der Waals surface area (Å²) in [6.07, 6.45) is 0. The summed E-state index contributed by atoms with van der Waals surface area (Å²) in [5.74, 6) is 1.30. The number of aromatic nitrogens is 2. The second-order valence-corrected chi connectivity index (χ2v) is 6.34. The summed E-state index contributed by atoms with van der Waals surface area (Å²) in [5, 5.41) is 7.15. The molecule has 6 nitrogen and oxygen atoms in total. The Labute approximate surface area is 156 Å². The molecule has 0 bridgehead atoms. The van der Waals surface area contributed by atoms with Crippen LogP contribution < -0.4 is 10.1 Å². The van der Waals surface area contributed by atoms with Crippen LogP contribution in [0, 0.1) is 20.8 Å². The molecule has 1 amide bonds. The van der Waals surface area contributed by atoms with Gasteiger partial charge in [-0.1, -0.05) is 22.8 Å². The second-order valence-electron chi connectivity index (χ2n) is 5.94. The van der Waals surface area contributed by atoms with E-state index < -0.39 is 0 Å². The number of rotatable bonds is 5. The first-order valence-electron chi connectivity index (χ1n) is 8.02. The Hall–Kier alpha value is -2.86. The number of nitrogens with zero attached hydrogens (tertiary/aromatic N) is 2. The maximum atomic E-state index is 12.1. The van der Waals surface area contributed by atoms with Crippen LogP contribution in [0.3, 0.4) is 0 Å². The van der Waals surface area contributed by atoms with Crippen molar-refractivity contribution in [3.63, 3.8) is 0 Å². The highest BCUT2D eigenvalue weighted by Gasteiger charge is 2.11. The Bertz CT molecular complexity index is 912. The molecule has 1 heterocycles. The van der Waals surface area contributed by atoms with E-state index >= 15 is 0 Å². The largest absolute Gasteiger partial charge is 0.484 e. The third kappa shape index (κ3) is 4.21. The van der Waals surface area contributed by atoms with Gasteiger partial charge in [-0.3, -0.25) is 4.79 Å². The van der Waals surface area contributed by atoms with E-state index in [-0.39, 0.29) is 12.5 Å². The maximum absolute atomic E-state index is 12.1. The average Bonchev–Trinajstić information content (AvgIpc) is 3.03. The van der Waals surface area contributed by atoms with Gasteiger partial charge >= 0.3 is 0 Å². The van der Waals surface area contributed by atoms with Crippen molar-refractivity contribution in [1.82, 2.24) is 10.1 Å². The van der Waals surface area contributed by atoms with Crippen LogP contribution in [-0.2, 0) is 4.79 Å². The second kappa shape index (κ2) is 7.58. The van der Waals surface area contributed by atoms with E-state index in [1.54, 1.807) is 31.2 Å². The van der Waals surface area contributed by atoms with Gasteiger partial charge in [0.1, 0.15) is 5.75 Å². The van der Waals surface area contributed by atoms with Crippen LogP contribution in [0.4, 0.5) is 5.69 Å². The Morgan fingerprint density at radius 1 is 1.19 bits per heavy atom. The van der Waals surface area contributed by atoms with Gasteiger partial charge in [0, 0.05) is 12.5 Å². The summed E-state index contributed by atoms with van der Waals surface area (Å²) >= 11 is 6.20. The molecule has 26 heavy (non-hydrogen) atoms. The number of anilines is 1. The van der Waals surface area contributed by atoms with Crippen molar-refractivity contribution < 1.29 is 14.1 Å². The quantitative estimate of drug-likeness (QED) is 0.722. The van der Waals surface area contributed by atoms with E-state index in [4.69, 9.17) is 20.9 Å². The van der Waals surface area contributed by atoms with Crippen LogP contribution in [0.1, 0.15) is 17.0 Å². The molecule has 0 aliphatic rings. The standard InChI is InChI=1S/C19H18ClN3O3/c1-11-8-12(2)18(16(20)9-11)22-17(24)10-25-15-6-4-14(5-7-15)19-21-13(3)26-23-19/h4-9H,10H2,1-3H3,(H,22,24). The molecule has 0 aliphatic carbocycles. The predicted octanol–water partition coefficient (Wildman–Crippen LogP) is 4.33. The van der Waals surface area contributed by atoms with Gasteiger partial charge in [-0.25, -0.2) is 0 Å². The van der Waals surface area contributed by atoms with Crippen molar-refractivity contribution >= 4 is 23.2 Å². The monoisotopic (exact) mass is 371 g/mol. The number of amides is 1. The Balaban J connectivity index is 1.60. The lowest BCUT2D eigenvalue weighted by atomic mass is 10.1. The van der Waals surface area contributed by atoms with Gasteiger partial charge in [-0.15, -0.1) is 0 Å². The van der Waals surface area contributed by atoms with Gasteiger partial charge in [0.05, 0.1) is 10.7 Å². The molecule has 0 spiro atoms. The molecule has 0 aliphatic heterocycles. The van der Waals surface area contributed by atoms with Crippen molar-refractivity contribution in [2.45, 2.75) is 20.8 Å². The third-order valence-electron chi connectivity index (χ3n) is 3.71. The molecule has 3 rings (SSSR count). The van der Waals surface area contributed by atoms with Gasteiger partial charge in [-0.05, 0) is 55.3 Å². The number of carbonyl (C=O) groups excluding carboxylic acids is 1. The summed E-state index contributed by atoms with van der Waals surface area (Å²) < 4.78 is 10.5. The van der Waals surface area contributed by atoms with Crippen molar-refractivity contribution in [2.24, 2.45) is 0 Å². The fourth-order valence-electron chi connectivity index (χ4n) is 2.52. The molecule has 0 unspecified atom stereocenters. The maximum Gasteiger partial charge on any atom is 0.262 e. The summed E-state index contributed by atoms with van der Waals surface area (Å²) in [6, 6.07) is 10.9. The predicted molar refractivity (Wildman–Crippen MR) is 99.5 cm³/mol. The minimum Gasteiger partial charge on any atom is -0.484 e. The van der Waals surface area contributed by atoms with Crippen molar-refractivity contribution in [1.29, 1.82) is 0 Å². The van der Waals surface area contributed by atoms with Crippen LogP contribution in [-0.4, -0.2) is 22.7 Å². The highest BCUT2D eigenvalue weighted by atomic mass is 35.5. The molecule has 1 aromatic heterocycles. The van der Waals surface area contributed by atoms with Gasteiger partial charge in [0.15, 0.2) is 6.61 Å². The Morgan fingerprint density at radius 3 is 2.54 bits per heavy atom. The van der Waals surface area contributed by atoms with Crippen molar-refractivity contribution in [3.05, 3.63) is 58.4 Å². The lowest BCUT2D eigenvalue weighted by Gasteiger charge is -2.12. The van der Waals surface area contributed by atoms with Crippen molar-refractivity contribution in [3.8, 4) is 17.1 Å². The minimum atomic E-state index is -0.281. The number of halogens is 1. The topological polar surface area (TPSA) is 77.2 Å². The van der Waals surface area contributed by atoms with E-state index in [2.05, 4.69) is 15.5 Å². The molecule has 1 N–H and O–H groups in total. The number of ether oxygens (including phenoxy) is 1. The number of benzene rings is 2. The summed E-state index contributed by atoms with van der Waals surface area (Å²) in [6.45, 7) is 5.46. The lowest BCUT2D eigenvalue weighted by molar-refractivity contribution is -0.118. The lowest BCUT2D eigenvalue weighted by Crippen LogP contribution is -2.21. The minimum absolute atomic E-state index is 0.121. The molecule has 0 fully saturated rings. The molecular weight excluding hydrogens is 354 g/mol. The first-order valence-corrected chi connectivity index (χ1v) is 8.40. The number of hydrogen-bond acceptors (Lipinski definition) is 5. The SMILES string of the molecule is Cc1cc(C)c(NC(=O)COc2ccc(-c3noc(C)n3)cc2)c(Cl)c1. The zero-order valence-electron chi connectivity index (χ0n) is 14.7. The molecule has 134 valence electrons. The third-order valence-corrected chi connectivity index (χ3v) is 4.00. The molecule has 0 saturated carbocycles. The summed E-state index contributed by atoms with van der Waals surface area (Å²) in [5.41, 5.74) is 3.36. The van der Waals surface area contributed by atoms with E-state index in [9.17, 15) is 4.79 Å². The fourth-order valence-corrected chi connectivity index (χ4v) is 2.88. The highest BCUT2D eigenvalue weighted by molar-refractivity contribution is 6.34. The van der Waals surface area contributed by atoms with Gasteiger partial charge in [-0.2, -0.15) is 4.98 Å². The van der Waals surface area contributed by atoms with E-state index in [0.29, 0.717) is 28.2 Å². The van der Waals surface area contributed by atoms with Crippen LogP contribution in [0.25, 0.3) is 11.4 Å². The zero-order chi connectivity index (χ0) is 18.7. The van der Waals surface area contributed by atoms with Gasteiger partial charge in [0.25, 0.3) is 5.91 Å². The molecular formula is C19H18ClN3O3. The van der Waals surface area contributed by atoms with Crippen LogP contribution in [0.5, 0.6) is 5.75 Å². The Morgan fingerprint density at radius 2 is 1.92 bits per heavy atom.